The van der Waals surface area contributed by atoms with E-state index in [9.17, 15) is 9.13 Å². The summed E-state index contributed by atoms with van der Waals surface area (Å²) >= 11 is 0. The fourth-order valence-corrected chi connectivity index (χ4v) is 21.7. The average molecular weight is 687 g/mol. The van der Waals surface area contributed by atoms with E-state index in [4.69, 9.17) is 27.1 Å². The van der Waals surface area contributed by atoms with Crippen molar-refractivity contribution in [3.63, 3.8) is 0 Å². The third-order valence-electron chi connectivity index (χ3n) is 6.84. The van der Waals surface area contributed by atoms with E-state index in [1.54, 1.807) is 27.7 Å². The molecule has 4 aromatic carbocycles. The molecule has 0 heterocycles. The summed E-state index contributed by atoms with van der Waals surface area (Å²) in [6.07, 6.45) is 0. The number of hydrogen-bond donors (Lipinski definition) is 0. The van der Waals surface area contributed by atoms with Gasteiger partial charge >= 0.3 is 15.5 Å². The van der Waals surface area contributed by atoms with Crippen LogP contribution in [0.4, 0.5) is 0 Å². The predicted molar refractivity (Wildman–Crippen MR) is 190 cm³/mol. The van der Waals surface area contributed by atoms with Crippen LogP contribution in [-0.4, -0.2) is 32.3 Å². The van der Waals surface area contributed by atoms with Crippen LogP contribution in [0.1, 0.15) is 27.7 Å². The quantitative estimate of drug-likeness (QED) is 0.109. The zero-order chi connectivity index (χ0) is 32.2. The first-order chi connectivity index (χ1) is 21.8. The van der Waals surface area contributed by atoms with Crippen LogP contribution in [-0.2, 0) is 27.2 Å². The molecular formula is C33H42N2O6P4. The molecular weight excluding hydrogens is 644 g/mol. The van der Waals surface area contributed by atoms with Crippen LogP contribution in [0.15, 0.2) is 130 Å². The minimum atomic E-state index is -4.00. The highest BCUT2D eigenvalue weighted by molar-refractivity contribution is 7.98. The molecule has 0 amide bonds. The highest BCUT2D eigenvalue weighted by Gasteiger charge is 2.42. The molecule has 0 aliphatic rings. The molecule has 0 saturated heterocycles. The van der Waals surface area contributed by atoms with E-state index in [2.05, 4.69) is 0 Å². The maximum atomic E-state index is 14.5. The van der Waals surface area contributed by atoms with Crippen molar-refractivity contribution in [3.8, 4) is 0 Å². The average Bonchev–Trinajstić information content (AvgIpc) is 3.06. The Hall–Kier alpha value is -2.36. The molecule has 0 atom stereocenters. The van der Waals surface area contributed by atoms with Crippen LogP contribution in [0.3, 0.4) is 0 Å². The summed E-state index contributed by atoms with van der Waals surface area (Å²) in [7, 11) is -14.2. The third-order valence-corrected chi connectivity index (χ3v) is 21.3. The van der Waals surface area contributed by atoms with Crippen molar-refractivity contribution >= 4 is 50.8 Å². The molecule has 4 aromatic rings. The van der Waals surface area contributed by atoms with E-state index in [0.29, 0.717) is 0 Å². The van der Waals surface area contributed by atoms with Gasteiger partial charge in [-0.3, -0.25) is 18.1 Å². The molecule has 0 N–H and O–H groups in total. The van der Waals surface area contributed by atoms with Crippen molar-refractivity contribution in [1.82, 2.24) is 0 Å². The van der Waals surface area contributed by atoms with Crippen LogP contribution in [0.25, 0.3) is 0 Å². The minimum absolute atomic E-state index is 0.149. The van der Waals surface area contributed by atoms with Gasteiger partial charge in [-0.15, -0.1) is 0 Å². The topological polar surface area (TPSA) is 95.8 Å². The van der Waals surface area contributed by atoms with Gasteiger partial charge in [-0.25, -0.2) is 9.13 Å². The van der Waals surface area contributed by atoms with Crippen LogP contribution in [0.5, 0.6) is 0 Å². The molecule has 240 valence electrons. The lowest BCUT2D eigenvalue weighted by molar-refractivity contribution is 0.220. The van der Waals surface area contributed by atoms with E-state index in [0.717, 1.165) is 21.2 Å². The molecule has 0 unspecified atom stereocenters. The lowest BCUT2D eigenvalue weighted by Crippen LogP contribution is -2.26. The monoisotopic (exact) mass is 686 g/mol. The van der Waals surface area contributed by atoms with Gasteiger partial charge in [0.25, 0.3) is 0 Å². The summed E-state index contributed by atoms with van der Waals surface area (Å²) in [6, 6.07) is 39.3. The van der Waals surface area contributed by atoms with Crippen LogP contribution in [0, 0.1) is 0 Å². The number of hydrogen-bond acceptors (Lipinski definition) is 6. The highest BCUT2D eigenvalue weighted by atomic mass is 31.2. The molecule has 8 nitrogen and oxygen atoms in total. The molecule has 0 fully saturated rings. The molecule has 0 aliphatic carbocycles. The first-order valence-electron chi connectivity index (χ1n) is 15.0. The fourth-order valence-electron chi connectivity index (χ4n) is 5.09. The Bertz CT molecular complexity index is 1470. The lowest BCUT2D eigenvalue weighted by Gasteiger charge is -2.35. The summed E-state index contributed by atoms with van der Waals surface area (Å²) in [5.41, 5.74) is 0. The lowest BCUT2D eigenvalue weighted by atomic mass is 10.4. The Morgan fingerprint density at radius 1 is 0.422 bits per heavy atom. The second-order valence-corrected chi connectivity index (χ2v) is 20.4. The molecule has 45 heavy (non-hydrogen) atoms. The van der Waals surface area contributed by atoms with Gasteiger partial charge < -0.3 is 0 Å². The van der Waals surface area contributed by atoms with Gasteiger partial charge in [0.1, 0.15) is 0 Å². The second-order valence-electron chi connectivity index (χ2n) is 9.81. The van der Waals surface area contributed by atoms with Gasteiger partial charge in [0.05, 0.1) is 26.4 Å². The van der Waals surface area contributed by atoms with Crippen molar-refractivity contribution in [3.05, 3.63) is 121 Å². The van der Waals surface area contributed by atoms with E-state index in [1.807, 2.05) is 121 Å². The molecule has 0 aromatic heterocycles. The van der Waals surface area contributed by atoms with E-state index in [-0.39, 0.29) is 32.3 Å². The fraction of sp³-hybridized carbons (Fsp3) is 0.273. The Morgan fingerprint density at radius 3 is 0.844 bits per heavy atom. The zero-order valence-corrected chi connectivity index (χ0v) is 29.8. The van der Waals surface area contributed by atoms with Crippen LogP contribution in [0.2, 0.25) is 0 Å². The molecule has 4 rings (SSSR count). The maximum Gasteiger partial charge on any atom is 0.453 e. The van der Waals surface area contributed by atoms with E-state index in [1.165, 1.54) is 0 Å². The van der Waals surface area contributed by atoms with Crippen LogP contribution < -0.4 is 21.2 Å². The summed E-state index contributed by atoms with van der Waals surface area (Å²) in [4.78, 5) is 0. The van der Waals surface area contributed by atoms with Crippen molar-refractivity contribution < 1.29 is 27.2 Å². The highest BCUT2D eigenvalue weighted by Crippen LogP contribution is 2.72. The maximum absolute atomic E-state index is 14.5. The van der Waals surface area contributed by atoms with Gasteiger partial charge in [-0.2, -0.15) is 9.03 Å². The molecule has 12 heteroatoms. The largest absolute Gasteiger partial charge is 0.453 e. The molecule has 0 aliphatic heterocycles. The van der Waals surface area contributed by atoms with Gasteiger partial charge in [-0.1, -0.05) is 121 Å². The minimum Gasteiger partial charge on any atom is -0.291 e. The molecule has 0 spiro atoms. The predicted octanol–water partition coefficient (Wildman–Crippen LogP) is 9.01. The number of benzene rings is 4. The van der Waals surface area contributed by atoms with Crippen molar-refractivity contribution in [1.29, 1.82) is 0 Å². The van der Waals surface area contributed by atoms with Gasteiger partial charge in [0.2, 0.25) is 0 Å². The number of rotatable bonds is 16. The smallest absolute Gasteiger partial charge is 0.291 e. The first kappa shape index (κ1) is 35.5. The first-order valence-corrected chi connectivity index (χ1v) is 21.9. The third kappa shape index (κ3) is 8.52. The Balaban J connectivity index is 2.28. The van der Waals surface area contributed by atoms with Crippen LogP contribution >= 0.6 is 29.6 Å². The molecule has 0 bridgehead atoms. The second kappa shape index (κ2) is 16.5. The zero-order valence-electron chi connectivity index (χ0n) is 26.2. The van der Waals surface area contributed by atoms with Crippen molar-refractivity contribution in [2.45, 2.75) is 27.7 Å². The normalized spacial score (nSPS) is 12.5. The summed E-state index contributed by atoms with van der Waals surface area (Å²) in [5.74, 6) is 0.260. The Morgan fingerprint density at radius 2 is 0.644 bits per heavy atom. The summed E-state index contributed by atoms with van der Waals surface area (Å²) in [6.45, 7) is 7.68. The van der Waals surface area contributed by atoms with Crippen molar-refractivity contribution in [2.24, 2.45) is 9.03 Å². The Labute approximate surface area is 267 Å². The standard InChI is InChI=1S/C33H42N2O6P4/c1-5-38-44(36,39-6-2)34-42(30-21-13-9-14-22-30,31-23-15-10-16-24-31)29-43(32-25-17-11-18-26-32,33-27-19-12-20-28-33)35-45(37,40-7-3)41-8-4/h9-28H,5-8,29H2,1-4H3. The van der Waals surface area contributed by atoms with Crippen molar-refractivity contribution in [2.75, 3.05) is 32.3 Å². The van der Waals surface area contributed by atoms with E-state index < -0.39 is 29.6 Å². The molecule has 0 saturated carbocycles. The Kier molecular flexibility index (Phi) is 13.0. The summed E-state index contributed by atoms with van der Waals surface area (Å²) in [5, 5.41) is 3.46. The molecule has 0 radical (unpaired) electrons. The van der Waals surface area contributed by atoms with Gasteiger partial charge in [0, 0.05) is 20.0 Å². The SMILES string of the molecule is CCOP(=O)(N=P(CP(=NP(=O)(OCC)OCC)(c1ccccc1)c1ccccc1)(c1ccccc1)c1ccccc1)OCC. The van der Waals surface area contributed by atoms with Gasteiger partial charge in [0.15, 0.2) is 0 Å². The van der Waals surface area contributed by atoms with Gasteiger partial charge in [-0.05, 0) is 48.9 Å². The number of nitrogens with zero attached hydrogens (tertiary/aromatic N) is 2. The summed E-state index contributed by atoms with van der Waals surface area (Å²) < 4.78 is 62.9. The van der Waals surface area contributed by atoms with E-state index >= 15 is 0 Å².